The third-order valence-corrected chi connectivity index (χ3v) is 2.06. The first-order valence-electron chi connectivity index (χ1n) is 2.98. The van der Waals surface area contributed by atoms with E-state index in [2.05, 4.69) is 20.7 Å². The van der Waals surface area contributed by atoms with Gasteiger partial charge in [0.25, 0.3) is 0 Å². The fourth-order valence-corrected chi connectivity index (χ4v) is 1.05. The van der Waals surface area contributed by atoms with Gasteiger partial charge in [0.1, 0.15) is 5.82 Å². The van der Waals surface area contributed by atoms with E-state index in [1.807, 2.05) is 0 Å². The van der Waals surface area contributed by atoms with Crippen LogP contribution in [0.5, 0.6) is 11.5 Å². The summed E-state index contributed by atoms with van der Waals surface area (Å²) in [6.07, 6.45) is 0. The quantitative estimate of drug-likeness (QED) is 0.762. The highest BCUT2D eigenvalue weighted by atomic mass is 79.9. The van der Waals surface area contributed by atoms with Gasteiger partial charge in [0.15, 0.2) is 17.3 Å². The average molecular weight is 239 g/mol. The van der Waals surface area contributed by atoms with Crippen molar-refractivity contribution >= 4 is 15.9 Å². The molecule has 66 valence electrons. The summed E-state index contributed by atoms with van der Waals surface area (Å²) < 4.78 is 29.7. The molecule has 1 aromatic carbocycles. The highest BCUT2D eigenvalue weighted by Gasteiger charge is 2.16. The molecule has 0 radical (unpaired) electrons. The van der Waals surface area contributed by atoms with Crippen molar-refractivity contribution in [1.82, 2.24) is 0 Å². The summed E-state index contributed by atoms with van der Waals surface area (Å²) in [6.45, 7) is 0. The maximum absolute atomic E-state index is 12.7. The van der Waals surface area contributed by atoms with E-state index in [1.165, 1.54) is 7.11 Å². The maximum Gasteiger partial charge on any atom is 0.197 e. The predicted octanol–water partition coefficient (Wildman–Crippen LogP) is 2.44. The van der Waals surface area contributed by atoms with Crippen LogP contribution in [0.1, 0.15) is 0 Å². The Bertz CT molecular complexity index is 315. The number of hydrogen-bond acceptors (Lipinski definition) is 2. The van der Waals surface area contributed by atoms with Crippen molar-refractivity contribution in [3.8, 4) is 11.5 Å². The van der Waals surface area contributed by atoms with Gasteiger partial charge < -0.3 is 9.84 Å². The van der Waals surface area contributed by atoms with Crippen molar-refractivity contribution in [3.05, 3.63) is 22.2 Å². The van der Waals surface area contributed by atoms with Crippen molar-refractivity contribution in [2.45, 2.75) is 0 Å². The largest absolute Gasteiger partial charge is 0.503 e. The van der Waals surface area contributed by atoms with E-state index in [0.29, 0.717) is 6.07 Å². The number of halogens is 3. The second kappa shape index (κ2) is 3.26. The van der Waals surface area contributed by atoms with Crippen LogP contribution in [0.2, 0.25) is 0 Å². The summed E-state index contributed by atoms with van der Waals surface area (Å²) in [4.78, 5) is 0. The van der Waals surface area contributed by atoms with Crippen LogP contribution in [-0.2, 0) is 0 Å². The van der Waals surface area contributed by atoms with Crippen LogP contribution in [-0.4, -0.2) is 12.2 Å². The number of benzene rings is 1. The molecule has 0 heterocycles. The number of rotatable bonds is 1. The number of methoxy groups -OCH3 is 1. The standard InChI is InChI=1S/C7H5BrF2O2/c1-12-7-4(10)2-3(9)5(8)6(7)11/h2,11H,1H3. The fraction of sp³-hybridized carbons (Fsp3) is 0.143. The van der Waals surface area contributed by atoms with E-state index in [4.69, 9.17) is 5.11 Å². The molecular formula is C7H5BrF2O2. The van der Waals surface area contributed by atoms with E-state index >= 15 is 0 Å². The topological polar surface area (TPSA) is 29.5 Å². The first-order valence-corrected chi connectivity index (χ1v) is 3.77. The van der Waals surface area contributed by atoms with Crippen molar-refractivity contribution in [3.63, 3.8) is 0 Å². The lowest BCUT2D eigenvalue weighted by molar-refractivity contribution is 0.345. The first kappa shape index (κ1) is 9.25. The number of phenols is 1. The van der Waals surface area contributed by atoms with Crippen LogP contribution in [0.15, 0.2) is 10.5 Å². The lowest BCUT2D eigenvalue weighted by Crippen LogP contribution is -1.91. The van der Waals surface area contributed by atoms with Crippen molar-refractivity contribution in [2.24, 2.45) is 0 Å². The van der Waals surface area contributed by atoms with Gasteiger partial charge in [-0.2, -0.15) is 0 Å². The molecule has 0 saturated carbocycles. The molecule has 12 heavy (non-hydrogen) atoms. The number of aromatic hydroxyl groups is 1. The van der Waals surface area contributed by atoms with Gasteiger partial charge >= 0.3 is 0 Å². The van der Waals surface area contributed by atoms with Gasteiger partial charge in [-0.15, -0.1) is 0 Å². The zero-order valence-corrected chi connectivity index (χ0v) is 7.65. The summed E-state index contributed by atoms with van der Waals surface area (Å²) >= 11 is 2.73. The average Bonchev–Trinajstić information content (AvgIpc) is 2.01. The molecule has 1 aromatic rings. The van der Waals surface area contributed by atoms with E-state index in [9.17, 15) is 8.78 Å². The van der Waals surface area contributed by atoms with Crippen molar-refractivity contribution < 1.29 is 18.6 Å². The molecular weight excluding hydrogens is 234 g/mol. The summed E-state index contributed by atoms with van der Waals surface area (Å²) in [5, 5.41) is 9.11. The van der Waals surface area contributed by atoms with Gasteiger partial charge in [0.2, 0.25) is 0 Å². The van der Waals surface area contributed by atoms with Gasteiger partial charge in [-0.05, 0) is 15.9 Å². The summed E-state index contributed by atoms with van der Waals surface area (Å²) in [6, 6.07) is 0.628. The van der Waals surface area contributed by atoms with Crippen LogP contribution in [0.25, 0.3) is 0 Å². The molecule has 5 heteroatoms. The normalized spacial score (nSPS) is 10.0. The Morgan fingerprint density at radius 1 is 1.42 bits per heavy atom. The van der Waals surface area contributed by atoms with Crippen molar-refractivity contribution in [1.29, 1.82) is 0 Å². The molecule has 0 spiro atoms. The second-order valence-electron chi connectivity index (χ2n) is 2.04. The molecule has 0 fully saturated rings. The van der Waals surface area contributed by atoms with Gasteiger partial charge in [-0.1, -0.05) is 0 Å². The van der Waals surface area contributed by atoms with Crippen LogP contribution in [0.3, 0.4) is 0 Å². The van der Waals surface area contributed by atoms with Gasteiger partial charge in [-0.3, -0.25) is 0 Å². The van der Waals surface area contributed by atoms with Crippen molar-refractivity contribution in [2.75, 3.05) is 7.11 Å². The molecule has 2 nitrogen and oxygen atoms in total. The second-order valence-corrected chi connectivity index (χ2v) is 2.83. The molecule has 1 rings (SSSR count). The van der Waals surface area contributed by atoms with Crippen LogP contribution < -0.4 is 4.74 Å². The number of phenolic OH excluding ortho intramolecular Hbond substituents is 1. The zero-order valence-electron chi connectivity index (χ0n) is 6.07. The molecule has 0 saturated heterocycles. The third-order valence-electron chi connectivity index (χ3n) is 1.31. The molecule has 0 amide bonds. The monoisotopic (exact) mass is 238 g/mol. The van der Waals surface area contributed by atoms with E-state index in [-0.39, 0.29) is 10.2 Å². The summed E-state index contributed by atoms with van der Waals surface area (Å²) in [5.41, 5.74) is 0. The molecule has 1 N–H and O–H groups in total. The minimum absolute atomic E-state index is 0.208. The van der Waals surface area contributed by atoms with Crippen LogP contribution in [0.4, 0.5) is 8.78 Å². The molecule has 0 aliphatic heterocycles. The minimum Gasteiger partial charge on any atom is -0.503 e. The molecule has 0 aliphatic carbocycles. The Hall–Kier alpha value is -0.840. The summed E-state index contributed by atoms with van der Waals surface area (Å²) in [7, 11) is 1.18. The van der Waals surface area contributed by atoms with Gasteiger partial charge in [0, 0.05) is 6.07 Å². The van der Waals surface area contributed by atoms with Gasteiger partial charge in [0.05, 0.1) is 11.6 Å². The molecule has 0 atom stereocenters. The van der Waals surface area contributed by atoms with E-state index < -0.39 is 17.4 Å². The first-order chi connectivity index (χ1) is 5.57. The van der Waals surface area contributed by atoms with Gasteiger partial charge in [-0.25, -0.2) is 8.78 Å². The number of hydrogen-bond donors (Lipinski definition) is 1. The minimum atomic E-state index is -0.935. The Morgan fingerprint density at radius 3 is 2.50 bits per heavy atom. The molecule has 0 unspecified atom stereocenters. The molecule has 0 bridgehead atoms. The van der Waals surface area contributed by atoms with E-state index in [0.717, 1.165) is 0 Å². The lowest BCUT2D eigenvalue weighted by Gasteiger charge is -2.06. The molecule has 0 aromatic heterocycles. The Balaban J connectivity index is 3.40. The zero-order chi connectivity index (χ0) is 9.30. The lowest BCUT2D eigenvalue weighted by atomic mass is 10.3. The Labute approximate surface area is 75.9 Å². The van der Waals surface area contributed by atoms with E-state index in [1.54, 1.807) is 0 Å². The highest BCUT2D eigenvalue weighted by molar-refractivity contribution is 9.10. The SMILES string of the molecule is COc1c(F)cc(F)c(Br)c1O. The van der Waals surface area contributed by atoms with Crippen LogP contribution in [0, 0.1) is 11.6 Å². The fourth-order valence-electron chi connectivity index (χ4n) is 0.760. The Kier molecular flexibility index (Phi) is 2.52. The number of ether oxygens (including phenoxy) is 1. The molecule has 0 aliphatic rings. The summed E-state index contributed by atoms with van der Waals surface area (Å²) in [5.74, 6) is -2.75. The predicted molar refractivity (Wildman–Crippen MR) is 42.3 cm³/mol. The third kappa shape index (κ3) is 1.36. The highest BCUT2D eigenvalue weighted by Crippen LogP contribution is 2.37. The Morgan fingerprint density at radius 2 is 2.00 bits per heavy atom. The van der Waals surface area contributed by atoms with Crippen LogP contribution >= 0.6 is 15.9 Å². The smallest absolute Gasteiger partial charge is 0.197 e. The maximum atomic E-state index is 12.7.